The van der Waals surface area contributed by atoms with Gasteiger partial charge in [0.1, 0.15) is 16.1 Å². The number of carbonyl (C=O) groups excluding carboxylic acids is 1. The number of fused-ring (bicyclic) bond motifs is 1. The van der Waals surface area contributed by atoms with Crippen LogP contribution in [0.2, 0.25) is 0 Å². The van der Waals surface area contributed by atoms with E-state index in [0.717, 1.165) is 27.8 Å². The highest BCUT2D eigenvalue weighted by Gasteiger charge is 2.30. The number of hydrogen-bond acceptors (Lipinski definition) is 7. The third-order valence-electron chi connectivity index (χ3n) is 5.87. The van der Waals surface area contributed by atoms with Crippen LogP contribution in [0.5, 0.6) is 5.75 Å². The van der Waals surface area contributed by atoms with E-state index in [1.165, 1.54) is 15.9 Å². The number of methoxy groups -OCH3 is 1. The largest absolute Gasteiger partial charge is 0.495 e. The second-order valence-corrected chi connectivity index (χ2v) is 10.6. The summed E-state index contributed by atoms with van der Waals surface area (Å²) in [5.74, 6) is 0.196. The Morgan fingerprint density at radius 1 is 1.36 bits per heavy atom. The van der Waals surface area contributed by atoms with Gasteiger partial charge in [0.15, 0.2) is 5.16 Å². The molecule has 1 N–H and O–H groups in total. The lowest BCUT2D eigenvalue weighted by Gasteiger charge is -2.27. The molecule has 0 spiro atoms. The fraction of sp³-hybridized carbons (Fsp3) is 0.417. The van der Waals surface area contributed by atoms with Gasteiger partial charge in [0.2, 0.25) is 5.91 Å². The number of amides is 1. The van der Waals surface area contributed by atoms with Crippen LogP contribution in [0.4, 0.5) is 0 Å². The lowest BCUT2D eigenvalue weighted by atomic mass is 9.90. The molecule has 9 heteroatoms. The first-order valence-electron chi connectivity index (χ1n) is 10.5. The summed E-state index contributed by atoms with van der Waals surface area (Å²) in [4.78, 5) is 32.8. The van der Waals surface area contributed by atoms with Gasteiger partial charge in [-0.2, -0.15) is 5.26 Å². The van der Waals surface area contributed by atoms with E-state index >= 15 is 0 Å². The van der Waals surface area contributed by atoms with Crippen LogP contribution in [-0.2, 0) is 4.79 Å². The Bertz CT molecular complexity index is 1320. The van der Waals surface area contributed by atoms with Gasteiger partial charge in [0.05, 0.1) is 30.0 Å². The van der Waals surface area contributed by atoms with Crippen molar-refractivity contribution in [3.05, 3.63) is 44.6 Å². The quantitative estimate of drug-likeness (QED) is 0.391. The maximum absolute atomic E-state index is 13.7. The molecule has 0 aliphatic carbocycles. The zero-order valence-electron chi connectivity index (χ0n) is 19.9. The molecule has 0 aliphatic rings. The normalized spacial score (nSPS) is 13.1. The number of nitrogens with zero attached hydrogens (tertiary/aromatic N) is 3. The molecule has 0 radical (unpaired) electrons. The summed E-state index contributed by atoms with van der Waals surface area (Å²) >= 11 is 2.63. The van der Waals surface area contributed by atoms with Gasteiger partial charge in [-0.25, -0.2) is 4.98 Å². The fourth-order valence-corrected chi connectivity index (χ4v) is 5.19. The average Bonchev–Trinajstić information content (AvgIpc) is 3.05. The van der Waals surface area contributed by atoms with Crippen LogP contribution in [0.1, 0.15) is 36.8 Å². The number of carbonyl (C=O) groups is 1. The molecule has 1 aromatic carbocycles. The van der Waals surface area contributed by atoms with Crippen molar-refractivity contribution in [2.75, 3.05) is 12.9 Å². The molecule has 1 amide bonds. The topological polar surface area (TPSA) is 97.0 Å². The summed E-state index contributed by atoms with van der Waals surface area (Å²) in [5.41, 5.74) is 1.27. The number of aromatic nitrogens is 2. The van der Waals surface area contributed by atoms with Crippen LogP contribution >= 0.6 is 23.1 Å². The minimum atomic E-state index is -0.976. The minimum absolute atomic E-state index is 0.0133. The molecular weight excluding hydrogens is 456 g/mol. The summed E-state index contributed by atoms with van der Waals surface area (Å²) in [7, 11) is 1.56. The van der Waals surface area contributed by atoms with Gasteiger partial charge in [-0.3, -0.25) is 14.2 Å². The maximum Gasteiger partial charge on any atom is 0.267 e. The van der Waals surface area contributed by atoms with Gasteiger partial charge in [0.25, 0.3) is 5.56 Å². The van der Waals surface area contributed by atoms with Crippen molar-refractivity contribution in [2.45, 2.75) is 52.2 Å². The van der Waals surface area contributed by atoms with Crippen molar-refractivity contribution in [3.63, 3.8) is 0 Å². The molecule has 3 rings (SSSR count). The molecule has 33 heavy (non-hydrogen) atoms. The van der Waals surface area contributed by atoms with Gasteiger partial charge >= 0.3 is 0 Å². The molecule has 0 fully saturated rings. The van der Waals surface area contributed by atoms with E-state index < -0.39 is 5.54 Å². The smallest absolute Gasteiger partial charge is 0.267 e. The number of ether oxygens (including phenoxy) is 1. The Labute approximate surface area is 201 Å². The second-order valence-electron chi connectivity index (χ2n) is 8.48. The van der Waals surface area contributed by atoms with Gasteiger partial charge in [0, 0.05) is 4.88 Å². The molecule has 0 aliphatic heterocycles. The Hall–Kier alpha value is -2.83. The molecule has 2 aromatic heterocycles. The van der Waals surface area contributed by atoms with Gasteiger partial charge < -0.3 is 10.1 Å². The SMILES string of the molecule is COc1ccc(C)cc1-n1c(SCC(=O)N[C@@](C)(C#N)C(C)C)nc2sc(C)c(C)c2c1=O. The summed E-state index contributed by atoms with van der Waals surface area (Å²) in [5, 5.41) is 13.3. The molecule has 0 bridgehead atoms. The summed E-state index contributed by atoms with van der Waals surface area (Å²) in [6, 6.07) is 7.78. The van der Waals surface area contributed by atoms with E-state index in [9.17, 15) is 14.9 Å². The molecular formula is C24H28N4O3S2. The minimum Gasteiger partial charge on any atom is -0.495 e. The number of benzene rings is 1. The molecule has 0 saturated carbocycles. The Kier molecular flexibility index (Phi) is 7.20. The van der Waals surface area contributed by atoms with E-state index in [1.54, 1.807) is 14.0 Å². The highest BCUT2D eigenvalue weighted by Crippen LogP contribution is 2.32. The van der Waals surface area contributed by atoms with Gasteiger partial charge in [-0.15, -0.1) is 11.3 Å². The van der Waals surface area contributed by atoms with Crippen molar-refractivity contribution < 1.29 is 9.53 Å². The van der Waals surface area contributed by atoms with Gasteiger partial charge in [-0.05, 0) is 56.9 Å². The third kappa shape index (κ3) is 4.77. The summed E-state index contributed by atoms with van der Waals surface area (Å²) in [6.07, 6.45) is 0. The van der Waals surface area contributed by atoms with Crippen molar-refractivity contribution in [1.29, 1.82) is 5.26 Å². The molecule has 7 nitrogen and oxygen atoms in total. The van der Waals surface area contributed by atoms with Gasteiger partial charge in [-0.1, -0.05) is 31.7 Å². The number of rotatable bonds is 7. The Morgan fingerprint density at radius 2 is 2.06 bits per heavy atom. The number of hydrogen-bond donors (Lipinski definition) is 1. The van der Waals surface area contributed by atoms with E-state index in [0.29, 0.717) is 26.8 Å². The number of aryl methyl sites for hydroxylation is 3. The molecule has 0 saturated heterocycles. The molecule has 1 atom stereocenters. The molecule has 2 heterocycles. The standard InChI is InChI=1S/C24H28N4O3S2/c1-13(2)24(6,12-25)27-19(29)11-32-23-26-21-20(15(4)16(5)33-21)22(30)28(23)17-10-14(3)8-9-18(17)31-7/h8-10,13H,11H2,1-7H3,(H,27,29)/t24-/m0/s1. The zero-order chi connectivity index (χ0) is 24.5. The highest BCUT2D eigenvalue weighted by atomic mass is 32.2. The van der Waals surface area contributed by atoms with Crippen LogP contribution < -0.4 is 15.6 Å². The predicted octanol–water partition coefficient (Wildman–Crippen LogP) is 4.53. The first kappa shape index (κ1) is 24.8. The van der Waals surface area contributed by atoms with Crippen molar-refractivity contribution in [2.24, 2.45) is 5.92 Å². The zero-order valence-corrected chi connectivity index (χ0v) is 21.5. The molecule has 174 valence electrons. The second kappa shape index (κ2) is 9.57. The van der Waals surface area contributed by atoms with Crippen molar-refractivity contribution in [3.8, 4) is 17.5 Å². The van der Waals surface area contributed by atoms with Crippen LogP contribution in [0.15, 0.2) is 28.2 Å². The fourth-order valence-electron chi connectivity index (χ4n) is 3.32. The number of thioether (sulfide) groups is 1. The van der Waals surface area contributed by atoms with E-state index in [2.05, 4.69) is 11.4 Å². The lowest BCUT2D eigenvalue weighted by molar-refractivity contribution is -0.120. The van der Waals surface area contributed by atoms with Crippen molar-refractivity contribution >= 4 is 39.2 Å². The average molecular weight is 485 g/mol. The third-order valence-corrected chi connectivity index (χ3v) is 7.91. The lowest BCUT2D eigenvalue weighted by Crippen LogP contribution is -2.49. The Morgan fingerprint density at radius 3 is 2.67 bits per heavy atom. The number of nitrogens with one attached hydrogen (secondary N) is 1. The first-order chi connectivity index (χ1) is 15.5. The first-order valence-corrected chi connectivity index (χ1v) is 12.4. The van der Waals surface area contributed by atoms with E-state index in [1.807, 2.05) is 52.8 Å². The van der Waals surface area contributed by atoms with E-state index in [-0.39, 0.29) is 23.1 Å². The van der Waals surface area contributed by atoms with Crippen LogP contribution in [-0.4, -0.2) is 33.9 Å². The molecule has 0 unspecified atom stereocenters. The van der Waals surface area contributed by atoms with Crippen molar-refractivity contribution in [1.82, 2.24) is 14.9 Å². The summed E-state index contributed by atoms with van der Waals surface area (Å²) < 4.78 is 7.06. The van der Waals surface area contributed by atoms with Crippen LogP contribution in [0, 0.1) is 38.0 Å². The maximum atomic E-state index is 13.7. The van der Waals surface area contributed by atoms with Crippen LogP contribution in [0.3, 0.4) is 0 Å². The predicted molar refractivity (Wildman–Crippen MR) is 134 cm³/mol. The Balaban J connectivity index is 2.11. The summed E-state index contributed by atoms with van der Waals surface area (Å²) in [6.45, 7) is 11.3. The van der Waals surface area contributed by atoms with E-state index in [4.69, 9.17) is 9.72 Å². The monoisotopic (exact) mass is 484 g/mol. The number of nitriles is 1. The molecule has 3 aromatic rings. The van der Waals surface area contributed by atoms with Crippen LogP contribution in [0.25, 0.3) is 15.9 Å². The number of thiophene rings is 1. The highest BCUT2D eigenvalue weighted by molar-refractivity contribution is 7.99.